The highest BCUT2D eigenvalue weighted by Gasteiger charge is 2.52. The maximum atomic E-state index is 12.9. The highest BCUT2D eigenvalue weighted by atomic mass is 16.7. The molecule has 1 aromatic rings. The van der Waals surface area contributed by atoms with Crippen molar-refractivity contribution in [3.63, 3.8) is 0 Å². The number of benzene rings is 1. The van der Waals surface area contributed by atoms with Crippen molar-refractivity contribution in [3.8, 4) is 0 Å². The van der Waals surface area contributed by atoms with Crippen LogP contribution in [0.4, 0.5) is 0 Å². The summed E-state index contributed by atoms with van der Waals surface area (Å²) in [7, 11) is 1.71. The van der Waals surface area contributed by atoms with Gasteiger partial charge in [0.25, 0.3) is 0 Å². The number of nitrogens with one attached hydrogen (secondary N) is 1. The molecule has 14 N–H and O–H groups in total. The summed E-state index contributed by atoms with van der Waals surface area (Å²) in [5.74, 6) is -0.750. The van der Waals surface area contributed by atoms with Crippen LogP contribution in [0.5, 0.6) is 0 Å². The molecular formula is C30H52N6O10. The van der Waals surface area contributed by atoms with Gasteiger partial charge in [-0.2, -0.15) is 0 Å². The summed E-state index contributed by atoms with van der Waals surface area (Å²) in [6.45, 7) is 0.0847. The molecule has 2 heterocycles. The van der Waals surface area contributed by atoms with E-state index < -0.39 is 92.0 Å². The van der Waals surface area contributed by atoms with Gasteiger partial charge in [0.15, 0.2) is 12.6 Å². The summed E-state index contributed by atoms with van der Waals surface area (Å²) in [4.78, 5) is 14.6. The van der Waals surface area contributed by atoms with E-state index in [1.165, 1.54) is 0 Å². The lowest BCUT2D eigenvalue weighted by molar-refractivity contribution is -0.322. The van der Waals surface area contributed by atoms with Crippen LogP contribution in [0.15, 0.2) is 30.3 Å². The maximum absolute atomic E-state index is 12.9. The molecule has 3 fully saturated rings. The molecule has 2 aliphatic heterocycles. The first kappa shape index (κ1) is 37.0. The van der Waals surface area contributed by atoms with Crippen molar-refractivity contribution in [2.24, 2.45) is 22.9 Å². The average Bonchev–Trinajstić information content (AvgIpc) is 3.03. The molecule has 0 spiro atoms. The third-order valence-electron chi connectivity index (χ3n) is 9.06. The van der Waals surface area contributed by atoms with Crippen LogP contribution >= 0.6 is 0 Å². The first-order valence-electron chi connectivity index (χ1n) is 15.9. The largest absolute Gasteiger partial charge is 0.394 e. The van der Waals surface area contributed by atoms with Gasteiger partial charge in [-0.15, -0.1) is 0 Å². The third-order valence-corrected chi connectivity index (χ3v) is 9.06. The monoisotopic (exact) mass is 656 g/mol. The number of rotatable bonds is 13. The molecule has 3 aliphatic rings. The predicted molar refractivity (Wildman–Crippen MR) is 164 cm³/mol. The number of aliphatic hydroxyl groups is 5. The number of nitrogens with zero attached hydrogens (tertiary/aromatic N) is 1. The minimum absolute atomic E-state index is 0.000412. The minimum Gasteiger partial charge on any atom is -0.394 e. The molecule has 0 bridgehead atoms. The van der Waals surface area contributed by atoms with E-state index in [4.69, 9.17) is 41.9 Å². The molecule has 14 atom stereocenters. The van der Waals surface area contributed by atoms with Crippen LogP contribution in [0, 0.1) is 0 Å². The molecule has 1 aliphatic carbocycles. The second-order valence-corrected chi connectivity index (χ2v) is 12.5. The first-order valence-corrected chi connectivity index (χ1v) is 15.9. The number of carbonyl (C=O) groups is 1. The summed E-state index contributed by atoms with van der Waals surface area (Å²) in [6.07, 6.45) is -10.6. The molecule has 46 heavy (non-hydrogen) atoms. The number of ether oxygens (including phenoxy) is 4. The van der Waals surface area contributed by atoms with Crippen molar-refractivity contribution in [3.05, 3.63) is 35.9 Å². The van der Waals surface area contributed by atoms with E-state index in [1.54, 1.807) is 11.9 Å². The predicted octanol–water partition coefficient (Wildman–Crippen LogP) is -4.23. The Balaban J connectivity index is 1.58. The Morgan fingerprint density at radius 2 is 1.70 bits per heavy atom. The highest BCUT2D eigenvalue weighted by Crippen LogP contribution is 2.33. The number of aliphatic hydroxyl groups excluding tert-OH is 5. The van der Waals surface area contributed by atoms with Crippen LogP contribution < -0.4 is 28.3 Å². The number of nitrogens with two attached hydrogens (primary N) is 4. The average molecular weight is 657 g/mol. The van der Waals surface area contributed by atoms with E-state index in [9.17, 15) is 30.3 Å². The van der Waals surface area contributed by atoms with E-state index in [0.29, 0.717) is 19.4 Å². The number of carbonyl (C=O) groups excluding carboxylic acids is 1. The fourth-order valence-electron chi connectivity index (χ4n) is 6.47. The van der Waals surface area contributed by atoms with Crippen LogP contribution in [0.25, 0.3) is 0 Å². The fraction of sp³-hybridized carbons (Fsp3) is 0.767. The number of likely N-dealkylation sites (N-methyl/N-ethyl adjacent to an activating group) is 1. The molecular weight excluding hydrogens is 604 g/mol. The molecule has 1 amide bonds. The molecule has 0 aromatic heterocycles. The van der Waals surface area contributed by atoms with Crippen molar-refractivity contribution in [1.29, 1.82) is 0 Å². The van der Waals surface area contributed by atoms with Gasteiger partial charge < -0.3 is 72.7 Å². The van der Waals surface area contributed by atoms with Crippen molar-refractivity contribution in [1.82, 2.24) is 10.2 Å². The Kier molecular flexibility index (Phi) is 13.6. The minimum atomic E-state index is -1.51. The lowest BCUT2D eigenvalue weighted by Gasteiger charge is -2.50. The van der Waals surface area contributed by atoms with Crippen LogP contribution in [0.3, 0.4) is 0 Å². The zero-order chi connectivity index (χ0) is 33.5. The van der Waals surface area contributed by atoms with Gasteiger partial charge in [-0.1, -0.05) is 30.3 Å². The summed E-state index contributed by atoms with van der Waals surface area (Å²) in [5, 5.41) is 57.3. The van der Waals surface area contributed by atoms with Gasteiger partial charge in [0.1, 0.15) is 42.7 Å². The van der Waals surface area contributed by atoms with Gasteiger partial charge in [-0.3, -0.25) is 9.69 Å². The van der Waals surface area contributed by atoms with Gasteiger partial charge in [0.05, 0.1) is 30.8 Å². The van der Waals surface area contributed by atoms with Gasteiger partial charge in [0.2, 0.25) is 5.91 Å². The Morgan fingerprint density at radius 3 is 2.35 bits per heavy atom. The number of hydrogen-bond acceptors (Lipinski definition) is 15. The van der Waals surface area contributed by atoms with Gasteiger partial charge in [-0.25, -0.2) is 0 Å². The summed E-state index contributed by atoms with van der Waals surface area (Å²) in [6, 6.07) is 6.14. The van der Waals surface area contributed by atoms with Crippen molar-refractivity contribution < 1.29 is 49.3 Å². The van der Waals surface area contributed by atoms with Gasteiger partial charge >= 0.3 is 0 Å². The van der Waals surface area contributed by atoms with Crippen LogP contribution in [-0.4, -0.2) is 149 Å². The molecule has 1 aromatic carbocycles. The summed E-state index contributed by atoms with van der Waals surface area (Å²) < 4.78 is 24.1. The second kappa shape index (κ2) is 17.0. The molecule has 262 valence electrons. The van der Waals surface area contributed by atoms with Crippen LogP contribution in [0.2, 0.25) is 0 Å². The maximum Gasteiger partial charge on any atom is 0.249 e. The van der Waals surface area contributed by atoms with Crippen molar-refractivity contribution in [2.75, 3.05) is 26.7 Å². The van der Waals surface area contributed by atoms with E-state index in [1.807, 2.05) is 30.3 Å². The molecule has 2 saturated heterocycles. The second-order valence-electron chi connectivity index (χ2n) is 12.5. The van der Waals surface area contributed by atoms with Crippen molar-refractivity contribution >= 4 is 5.91 Å². The van der Waals surface area contributed by atoms with E-state index in [0.717, 1.165) is 5.56 Å². The van der Waals surface area contributed by atoms with Gasteiger partial charge in [-0.05, 0) is 44.8 Å². The SMILES string of the molecule is CN(Cc1ccccc1)[C@@H]1C(O)[C@H](O[C@H]2C(O)C(O[C@@H]3OC(CN)CCC3N)[C@@H](N)C[C@H]2NC(=O)[C@@H](O)CCN)OC(CO)[C@@H]1O. The zero-order valence-electron chi connectivity index (χ0n) is 26.2. The standard InChI is InChI=1S/C30H52N6O10/c1-36(13-15-5-3-2-4-6-15)22-23(39)21(14-37)44-30(24(22)40)46-27-19(35-28(42)20(38)9-10-31)11-18(34)26(25(27)41)45-29-17(33)8-7-16(12-32)43-29/h2-6,16-27,29-30,37-41H,7-14,31-34H2,1H3,(H,35,42)/t16?,17?,18-,19+,20-,21?,22-,23-,24?,25?,26?,27+,29-,30-/m0/s1. The molecule has 16 heteroatoms. The molecule has 0 radical (unpaired) electrons. The Hall–Kier alpha value is -1.87. The molecule has 6 unspecified atom stereocenters. The third kappa shape index (κ3) is 8.77. The lowest BCUT2D eigenvalue weighted by atomic mass is 9.83. The Bertz CT molecular complexity index is 1080. The van der Waals surface area contributed by atoms with Crippen LogP contribution in [0.1, 0.15) is 31.2 Å². The number of amides is 1. The smallest absolute Gasteiger partial charge is 0.249 e. The highest BCUT2D eigenvalue weighted by molar-refractivity contribution is 5.80. The van der Waals surface area contributed by atoms with E-state index >= 15 is 0 Å². The van der Waals surface area contributed by atoms with E-state index in [2.05, 4.69) is 5.32 Å². The summed E-state index contributed by atoms with van der Waals surface area (Å²) >= 11 is 0. The first-order chi connectivity index (χ1) is 22.0. The Labute approximate surface area is 268 Å². The normalized spacial score (nSPS) is 39.2. The number of hydrogen-bond donors (Lipinski definition) is 10. The van der Waals surface area contributed by atoms with Crippen molar-refractivity contribution in [2.45, 2.75) is 118 Å². The van der Waals surface area contributed by atoms with Gasteiger partial charge in [0, 0.05) is 19.1 Å². The molecule has 4 rings (SSSR count). The zero-order valence-corrected chi connectivity index (χ0v) is 26.2. The fourth-order valence-corrected chi connectivity index (χ4v) is 6.47. The molecule has 16 nitrogen and oxygen atoms in total. The lowest BCUT2D eigenvalue weighted by Crippen LogP contribution is -2.69. The van der Waals surface area contributed by atoms with E-state index in [-0.39, 0.29) is 32.0 Å². The van der Waals surface area contributed by atoms with Crippen LogP contribution in [-0.2, 0) is 30.3 Å². The topological polar surface area (TPSA) is 274 Å². The Morgan fingerprint density at radius 1 is 1.00 bits per heavy atom. The summed E-state index contributed by atoms with van der Waals surface area (Å²) in [5.41, 5.74) is 25.0. The molecule has 1 saturated carbocycles. The quantitative estimate of drug-likeness (QED) is 0.0963.